The fraction of sp³-hybridized carbons (Fsp3) is 0.250. The van der Waals surface area contributed by atoms with Gasteiger partial charge in [0, 0.05) is 19.2 Å². The van der Waals surface area contributed by atoms with E-state index in [1.54, 1.807) is 13.1 Å². The number of hydrogen-bond donors (Lipinski definition) is 1. The van der Waals surface area contributed by atoms with Crippen molar-refractivity contribution >= 4 is 17.8 Å². The third-order valence-corrected chi connectivity index (χ3v) is 4.67. The first-order valence-electron chi connectivity index (χ1n) is 8.50. The molecule has 0 aromatic heterocycles. The van der Waals surface area contributed by atoms with E-state index in [0.29, 0.717) is 6.54 Å². The number of likely N-dealkylation sites (N-methyl/N-ethyl adjacent to an activating group) is 1. The van der Waals surface area contributed by atoms with Gasteiger partial charge in [0.1, 0.15) is 17.9 Å². The zero-order valence-electron chi connectivity index (χ0n) is 15.1. The van der Waals surface area contributed by atoms with Crippen LogP contribution in [-0.2, 0) is 21.7 Å². The summed E-state index contributed by atoms with van der Waals surface area (Å²) in [5.41, 5.74) is -0.543. The zero-order chi connectivity index (χ0) is 19.6. The first kappa shape index (κ1) is 18.6. The molecule has 6 nitrogen and oxygen atoms in total. The lowest BCUT2D eigenvalue weighted by atomic mass is 9.91. The summed E-state index contributed by atoms with van der Waals surface area (Å²) in [4.78, 5) is 39.9. The highest BCUT2D eigenvalue weighted by Crippen LogP contribution is 2.30. The second-order valence-electron chi connectivity index (χ2n) is 6.66. The van der Waals surface area contributed by atoms with Gasteiger partial charge in [0.05, 0.1) is 0 Å². The van der Waals surface area contributed by atoms with E-state index in [9.17, 15) is 18.8 Å². The van der Waals surface area contributed by atoms with Gasteiger partial charge in [0.15, 0.2) is 0 Å². The molecule has 1 aliphatic rings. The Bertz CT molecular complexity index is 887. The molecule has 0 aliphatic carbocycles. The summed E-state index contributed by atoms with van der Waals surface area (Å²) in [5.74, 6) is -1.64. The molecule has 4 amide bonds. The summed E-state index contributed by atoms with van der Waals surface area (Å²) < 4.78 is 14.2. The molecule has 3 rings (SSSR count). The number of nitrogens with one attached hydrogen (secondary N) is 1. The van der Waals surface area contributed by atoms with E-state index in [2.05, 4.69) is 5.32 Å². The average molecular weight is 369 g/mol. The number of benzene rings is 2. The molecule has 1 atom stereocenters. The maximum Gasteiger partial charge on any atom is 0.325 e. The Kier molecular flexibility index (Phi) is 4.94. The minimum Gasteiger partial charge on any atom is -0.340 e. The lowest BCUT2D eigenvalue weighted by Gasteiger charge is -2.23. The molecule has 1 saturated heterocycles. The van der Waals surface area contributed by atoms with Crippen LogP contribution in [0.2, 0.25) is 0 Å². The third kappa shape index (κ3) is 3.53. The van der Waals surface area contributed by atoms with Gasteiger partial charge in [0.25, 0.3) is 5.91 Å². The van der Waals surface area contributed by atoms with Crippen LogP contribution in [0.25, 0.3) is 0 Å². The molecule has 2 aromatic carbocycles. The lowest BCUT2D eigenvalue weighted by Crippen LogP contribution is -2.44. The van der Waals surface area contributed by atoms with Crippen molar-refractivity contribution in [3.05, 3.63) is 71.5 Å². The van der Waals surface area contributed by atoms with Crippen molar-refractivity contribution in [3.63, 3.8) is 0 Å². The Morgan fingerprint density at radius 1 is 1.11 bits per heavy atom. The second-order valence-corrected chi connectivity index (χ2v) is 6.66. The zero-order valence-corrected chi connectivity index (χ0v) is 15.1. The van der Waals surface area contributed by atoms with Gasteiger partial charge in [-0.15, -0.1) is 0 Å². The summed E-state index contributed by atoms with van der Waals surface area (Å²) in [6, 6.07) is 14.4. The van der Waals surface area contributed by atoms with Crippen LogP contribution in [0.5, 0.6) is 0 Å². The Morgan fingerprint density at radius 3 is 2.41 bits per heavy atom. The fourth-order valence-electron chi connectivity index (χ4n) is 3.09. The van der Waals surface area contributed by atoms with Gasteiger partial charge in [-0.25, -0.2) is 9.18 Å². The molecule has 2 aromatic rings. The Balaban J connectivity index is 1.74. The molecule has 140 valence electrons. The number of carbonyl (C=O) groups is 3. The van der Waals surface area contributed by atoms with E-state index in [-0.39, 0.29) is 11.5 Å². The van der Waals surface area contributed by atoms with Crippen molar-refractivity contribution in [2.24, 2.45) is 0 Å². The Morgan fingerprint density at radius 2 is 1.74 bits per heavy atom. The van der Waals surface area contributed by atoms with Gasteiger partial charge >= 0.3 is 6.03 Å². The average Bonchev–Trinajstić information content (AvgIpc) is 2.86. The SMILES string of the molecule is CN(Cc1ccccc1)C(=O)CN1C(=O)N[C@](C)(c2ccccc2F)C1=O. The first-order valence-corrected chi connectivity index (χ1v) is 8.50. The molecule has 0 unspecified atom stereocenters. The quantitative estimate of drug-likeness (QED) is 0.822. The fourth-order valence-corrected chi connectivity index (χ4v) is 3.09. The Labute approximate surface area is 156 Å². The van der Waals surface area contributed by atoms with Crippen LogP contribution in [0, 0.1) is 5.82 Å². The highest BCUT2D eigenvalue weighted by molar-refractivity contribution is 6.09. The topological polar surface area (TPSA) is 69.7 Å². The minimum absolute atomic E-state index is 0.0657. The van der Waals surface area contributed by atoms with E-state index in [4.69, 9.17) is 0 Å². The van der Waals surface area contributed by atoms with E-state index in [0.717, 1.165) is 10.5 Å². The van der Waals surface area contributed by atoms with Crippen LogP contribution in [-0.4, -0.2) is 41.2 Å². The van der Waals surface area contributed by atoms with E-state index < -0.39 is 29.8 Å². The number of imide groups is 1. The normalized spacial score (nSPS) is 19.1. The van der Waals surface area contributed by atoms with Crippen molar-refractivity contribution in [1.29, 1.82) is 0 Å². The monoisotopic (exact) mass is 369 g/mol. The number of amides is 4. The number of nitrogens with zero attached hydrogens (tertiary/aromatic N) is 2. The molecular weight excluding hydrogens is 349 g/mol. The molecular formula is C20H20FN3O3. The largest absolute Gasteiger partial charge is 0.340 e. The molecule has 1 fully saturated rings. The number of halogens is 1. The van der Waals surface area contributed by atoms with Crippen LogP contribution < -0.4 is 5.32 Å². The van der Waals surface area contributed by atoms with Crippen LogP contribution in [0.1, 0.15) is 18.1 Å². The number of hydrogen-bond acceptors (Lipinski definition) is 3. The van der Waals surface area contributed by atoms with Gasteiger partial charge in [-0.05, 0) is 18.6 Å². The summed E-state index contributed by atoms with van der Waals surface area (Å²) >= 11 is 0. The van der Waals surface area contributed by atoms with Crippen LogP contribution in [0.3, 0.4) is 0 Å². The van der Waals surface area contributed by atoms with Gasteiger partial charge < -0.3 is 10.2 Å². The third-order valence-electron chi connectivity index (χ3n) is 4.67. The maximum absolute atomic E-state index is 14.2. The van der Waals surface area contributed by atoms with Gasteiger partial charge in [-0.2, -0.15) is 0 Å². The molecule has 1 N–H and O–H groups in total. The van der Waals surface area contributed by atoms with Crippen LogP contribution in [0.4, 0.5) is 9.18 Å². The molecule has 1 heterocycles. The lowest BCUT2D eigenvalue weighted by molar-refractivity contribution is -0.138. The standard InChI is InChI=1S/C20H20FN3O3/c1-20(15-10-6-7-11-16(15)21)18(26)24(19(27)22-20)13-17(25)23(2)12-14-8-4-3-5-9-14/h3-11H,12-13H2,1-2H3,(H,22,27)/t20-/m1/s1. The predicted octanol–water partition coefficient (Wildman–Crippen LogP) is 2.25. The molecule has 0 radical (unpaired) electrons. The van der Waals surface area contributed by atoms with Gasteiger partial charge in [-0.1, -0.05) is 48.5 Å². The summed E-state index contributed by atoms with van der Waals surface area (Å²) in [5, 5.41) is 2.51. The Hall–Kier alpha value is -3.22. The van der Waals surface area contributed by atoms with E-state index >= 15 is 0 Å². The summed E-state index contributed by atoms with van der Waals surface area (Å²) in [6.45, 7) is 1.38. The minimum atomic E-state index is -1.54. The van der Waals surface area contributed by atoms with Crippen LogP contribution >= 0.6 is 0 Å². The molecule has 27 heavy (non-hydrogen) atoms. The number of carbonyl (C=O) groups excluding carboxylic acids is 3. The molecule has 1 aliphatic heterocycles. The van der Waals surface area contributed by atoms with Crippen molar-refractivity contribution < 1.29 is 18.8 Å². The predicted molar refractivity (Wildman–Crippen MR) is 96.9 cm³/mol. The highest BCUT2D eigenvalue weighted by atomic mass is 19.1. The first-order chi connectivity index (χ1) is 12.8. The molecule has 0 bridgehead atoms. The van der Waals surface area contributed by atoms with Crippen molar-refractivity contribution in [2.45, 2.75) is 19.0 Å². The summed E-state index contributed by atoms with van der Waals surface area (Å²) in [7, 11) is 1.60. The van der Waals surface area contributed by atoms with Crippen molar-refractivity contribution in [1.82, 2.24) is 15.1 Å². The van der Waals surface area contributed by atoms with Gasteiger partial charge in [0.2, 0.25) is 5.91 Å². The van der Waals surface area contributed by atoms with E-state index in [1.807, 2.05) is 30.3 Å². The molecule has 7 heteroatoms. The van der Waals surface area contributed by atoms with Crippen molar-refractivity contribution in [2.75, 3.05) is 13.6 Å². The van der Waals surface area contributed by atoms with Crippen LogP contribution in [0.15, 0.2) is 54.6 Å². The van der Waals surface area contributed by atoms with E-state index in [1.165, 1.54) is 30.0 Å². The maximum atomic E-state index is 14.2. The van der Waals surface area contributed by atoms with Gasteiger partial charge in [-0.3, -0.25) is 14.5 Å². The molecule has 0 spiro atoms. The number of rotatable bonds is 5. The number of urea groups is 1. The second kappa shape index (κ2) is 7.19. The highest BCUT2D eigenvalue weighted by Gasteiger charge is 2.50. The molecule has 0 saturated carbocycles. The smallest absolute Gasteiger partial charge is 0.325 e. The summed E-state index contributed by atoms with van der Waals surface area (Å²) in [6.07, 6.45) is 0. The van der Waals surface area contributed by atoms with Crippen molar-refractivity contribution in [3.8, 4) is 0 Å².